The van der Waals surface area contributed by atoms with Gasteiger partial charge in [0.15, 0.2) is 0 Å². The number of likely N-dealkylation sites (tertiary alicyclic amines) is 1. The Morgan fingerprint density at radius 1 is 1.10 bits per heavy atom. The van der Waals surface area contributed by atoms with Crippen LogP contribution in [0.2, 0.25) is 0 Å². The summed E-state index contributed by atoms with van der Waals surface area (Å²) >= 11 is 0. The Kier molecular flexibility index (Phi) is 7.31. The van der Waals surface area contributed by atoms with Gasteiger partial charge in [0.2, 0.25) is 11.8 Å². The fourth-order valence-electron chi connectivity index (χ4n) is 3.27. The first kappa shape index (κ1) is 22.1. The third-order valence-electron chi connectivity index (χ3n) is 4.88. The van der Waals surface area contributed by atoms with Crippen LogP contribution < -0.4 is 4.74 Å². The number of carbonyl (C=O) groups excluding carboxylic acids is 2. The van der Waals surface area contributed by atoms with Crippen LogP contribution in [0, 0.1) is 0 Å². The highest BCUT2D eigenvalue weighted by atomic mass is 16.6. The average Bonchev–Trinajstić information content (AvgIpc) is 2.73. The third-order valence-corrected chi connectivity index (χ3v) is 4.88. The topological polar surface area (TPSA) is 81.2 Å². The van der Waals surface area contributed by atoms with Crippen LogP contribution in [0.25, 0.3) is 6.08 Å². The molecule has 2 aliphatic rings. The molecule has 0 atom stereocenters. The van der Waals surface area contributed by atoms with Crippen LogP contribution in [-0.4, -0.2) is 77.9 Å². The van der Waals surface area contributed by atoms with Crippen LogP contribution in [0.1, 0.15) is 39.2 Å². The number of rotatable bonds is 4. The summed E-state index contributed by atoms with van der Waals surface area (Å²) < 4.78 is 16.6. The number of morpholine rings is 1. The molecule has 2 fully saturated rings. The molecule has 0 unspecified atom stereocenters. The second-order valence-corrected chi connectivity index (χ2v) is 8.49. The van der Waals surface area contributed by atoms with Gasteiger partial charge in [0.25, 0.3) is 0 Å². The van der Waals surface area contributed by atoms with E-state index in [4.69, 9.17) is 14.2 Å². The number of piperidine rings is 1. The van der Waals surface area contributed by atoms with Crippen LogP contribution >= 0.6 is 0 Å². The summed E-state index contributed by atoms with van der Waals surface area (Å²) in [5, 5.41) is 0. The lowest BCUT2D eigenvalue weighted by Crippen LogP contribution is -2.44. The maximum Gasteiger partial charge on any atom is 0.410 e. The number of hydrogen-bond acceptors (Lipinski definition) is 6. The Hall–Kier alpha value is -2.61. The van der Waals surface area contributed by atoms with Gasteiger partial charge in [0.05, 0.1) is 13.2 Å². The van der Waals surface area contributed by atoms with Gasteiger partial charge in [-0.1, -0.05) is 0 Å². The Balaban J connectivity index is 1.44. The van der Waals surface area contributed by atoms with Crippen molar-refractivity contribution in [3.8, 4) is 5.88 Å². The van der Waals surface area contributed by atoms with Crippen molar-refractivity contribution >= 4 is 18.1 Å². The molecule has 0 aromatic carbocycles. The summed E-state index contributed by atoms with van der Waals surface area (Å²) in [6.45, 7) is 9.22. The zero-order valence-corrected chi connectivity index (χ0v) is 18.0. The van der Waals surface area contributed by atoms with Crippen LogP contribution in [0.15, 0.2) is 24.4 Å². The molecule has 0 aliphatic carbocycles. The number of hydrogen-bond donors (Lipinski definition) is 0. The smallest absolute Gasteiger partial charge is 0.410 e. The first-order chi connectivity index (χ1) is 14.3. The summed E-state index contributed by atoms with van der Waals surface area (Å²) in [5.41, 5.74) is 0.348. The summed E-state index contributed by atoms with van der Waals surface area (Å²) in [6.07, 6.45) is 6.22. The molecule has 1 aromatic heterocycles. The Labute approximate surface area is 177 Å². The predicted molar refractivity (Wildman–Crippen MR) is 112 cm³/mol. The number of aromatic nitrogens is 1. The van der Waals surface area contributed by atoms with E-state index in [1.165, 1.54) is 0 Å². The molecule has 0 spiro atoms. The minimum absolute atomic E-state index is 0.0143. The van der Waals surface area contributed by atoms with Gasteiger partial charge in [0, 0.05) is 57.4 Å². The quantitative estimate of drug-likeness (QED) is 0.701. The average molecular weight is 418 g/mol. The minimum atomic E-state index is -0.489. The van der Waals surface area contributed by atoms with E-state index in [0.717, 1.165) is 18.4 Å². The van der Waals surface area contributed by atoms with Crippen molar-refractivity contribution in [2.24, 2.45) is 0 Å². The number of carbonyl (C=O) groups is 2. The molecule has 2 aliphatic heterocycles. The van der Waals surface area contributed by atoms with E-state index in [-0.39, 0.29) is 18.1 Å². The monoisotopic (exact) mass is 417 g/mol. The number of ether oxygens (including phenoxy) is 3. The van der Waals surface area contributed by atoms with E-state index in [0.29, 0.717) is 45.3 Å². The Morgan fingerprint density at radius 3 is 2.40 bits per heavy atom. The van der Waals surface area contributed by atoms with E-state index in [1.807, 2.05) is 26.8 Å². The third kappa shape index (κ3) is 6.73. The maximum absolute atomic E-state index is 12.2. The molecule has 1 aromatic rings. The molecule has 164 valence electrons. The van der Waals surface area contributed by atoms with Crippen LogP contribution in [0.5, 0.6) is 5.88 Å². The van der Waals surface area contributed by atoms with E-state index >= 15 is 0 Å². The Bertz CT molecular complexity index is 743. The summed E-state index contributed by atoms with van der Waals surface area (Å²) in [4.78, 5) is 32.1. The number of amides is 2. The lowest BCUT2D eigenvalue weighted by molar-refractivity contribution is -0.129. The van der Waals surface area contributed by atoms with Crippen molar-refractivity contribution in [1.82, 2.24) is 14.8 Å². The van der Waals surface area contributed by atoms with Crippen molar-refractivity contribution in [3.05, 3.63) is 30.0 Å². The molecule has 0 radical (unpaired) electrons. The molecule has 3 rings (SSSR count). The standard InChI is InChI=1S/C22H31N3O5/c1-22(2,3)30-21(27)25-10-8-18(9-11-25)29-19-6-4-17(16-23-19)5-7-20(26)24-12-14-28-15-13-24/h4-7,16,18H,8-15H2,1-3H3. The fourth-order valence-corrected chi connectivity index (χ4v) is 3.27. The van der Waals surface area contributed by atoms with Gasteiger partial charge in [-0.3, -0.25) is 4.79 Å². The van der Waals surface area contributed by atoms with Gasteiger partial charge in [-0.15, -0.1) is 0 Å². The fraction of sp³-hybridized carbons (Fsp3) is 0.591. The van der Waals surface area contributed by atoms with Gasteiger partial charge in [0.1, 0.15) is 11.7 Å². The zero-order chi connectivity index (χ0) is 21.6. The summed E-state index contributed by atoms with van der Waals surface area (Å²) in [5.74, 6) is 0.526. The van der Waals surface area contributed by atoms with E-state index in [1.54, 1.807) is 34.2 Å². The second kappa shape index (κ2) is 9.93. The molecule has 8 nitrogen and oxygen atoms in total. The van der Waals surface area contributed by atoms with E-state index in [2.05, 4.69) is 4.98 Å². The van der Waals surface area contributed by atoms with Gasteiger partial charge in [-0.25, -0.2) is 9.78 Å². The zero-order valence-electron chi connectivity index (χ0n) is 18.0. The highest BCUT2D eigenvalue weighted by Gasteiger charge is 2.27. The first-order valence-electron chi connectivity index (χ1n) is 10.5. The van der Waals surface area contributed by atoms with E-state index < -0.39 is 5.60 Å². The van der Waals surface area contributed by atoms with E-state index in [9.17, 15) is 9.59 Å². The van der Waals surface area contributed by atoms with Crippen molar-refractivity contribution in [2.75, 3.05) is 39.4 Å². The van der Waals surface area contributed by atoms with Crippen molar-refractivity contribution in [3.63, 3.8) is 0 Å². The molecular formula is C22H31N3O5. The number of pyridine rings is 1. The highest BCUT2D eigenvalue weighted by molar-refractivity contribution is 5.91. The summed E-state index contributed by atoms with van der Waals surface area (Å²) in [6, 6.07) is 3.68. The van der Waals surface area contributed by atoms with Gasteiger partial charge in [-0.05, 0) is 38.5 Å². The molecule has 0 N–H and O–H groups in total. The molecule has 2 saturated heterocycles. The Morgan fingerprint density at radius 2 is 1.80 bits per heavy atom. The first-order valence-corrected chi connectivity index (χ1v) is 10.5. The van der Waals surface area contributed by atoms with Crippen LogP contribution in [-0.2, 0) is 14.3 Å². The lowest BCUT2D eigenvalue weighted by atomic mass is 10.1. The normalized spacial score (nSPS) is 18.5. The lowest BCUT2D eigenvalue weighted by Gasteiger charge is -2.33. The van der Waals surface area contributed by atoms with Crippen LogP contribution in [0.4, 0.5) is 4.79 Å². The molecule has 8 heteroatoms. The van der Waals surface area contributed by atoms with Gasteiger partial charge < -0.3 is 24.0 Å². The van der Waals surface area contributed by atoms with Crippen LogP contribution in [0.3, 0.4) is 0 Å². The second-order valence-electron chi connectivity index (χ2n) is 8.49. The van der Waals surface area contributed by atoms with Crippen molar-refractivity contribution < 1.29 is 23.8 Å². The largest absolute Gasteiger partial charge is 0.474 e. The molecular weight excluding hydrogens is 386 g/mol. The molecule has 30 heavy (non-hydrogen) atoms. The maximum atomic E-state index is 12.2. The predicted octanol–water partition coefficient (Wildman–Crippen LogP) is 2.73. The molecule has 0 bridgehead atoms. The SMILES string of the molecule is CC(C)(C)OC(=O)N1CCC(Oc2ccc(C=CC(=O)N3CCOCC3)cn2)CC1. The number of nitrogens with zero attached hydrogens (tertiary/aromatic N) is 3. The van der Waals surface area contributed by atoms with Crippen molar-refractivity contribution in [1.29, 1.82) is 0 Å². The molecule has 0 saturated carbocycles. The molecule has 2 amide bonds. The van der Waals surface area contributed by atoms with Gasteiger partial charge >= 0.3 is 6.09 Å². The highest BCUT2D eigenvalue weighted by Crippen LogP contribution is 2.20. The molecule has 3 heterocycles. The minimum Gasteiger partial charge on any atom is -0.474 e. The van der Waals surface area contributed by atoms with Crippen molar-refractivity contribution in [2.45, 2.75) is 45.3 Å². The summed E-state index contributed by atoms with van der Waals surface area (Å²) in [7, 11) is 0. The van der Waals surface area contributed by atoms with Gasteiger partial charge in [-0.2, -0.15) is 0 Å².